The minimum atomic E-state index is 0.690. The number of allylic oxidation sites excluding steroid dienone is 2. The maximum absolute atomic E-state index is 5.92. The Bertz CT molecular complexity index is 928. The molecule has 118 valence electrons. The van der Waals surface area contributed by atoms with E-state index in [1.165, 1.54) is 0 Å². The second-order valence-corrected chi connectivity index (χ2v) is 5.57. The van der Waals surface area contributed by atoms with Crippen molar-refractivity contribution in [3.63, 3.8) is 0 Å². The van der Waals surface area contributed by atoms with E-state index >= 15 is 0 Å². The van der Waals surface area contributed by atoms with Gasteiger partial charge in [-0.1, -0.05) is 55.1 Å². The van der Waals surface area contributed by atoms with Gasteiger partial charge in [-0.25, -0.2) is 4.99 Å². The number of nitrogens with zero attached hydrogens (tertiary/aromatic N) is 2. The van der Waals surface area contributed by atoms with Crippen LogP contribution in [0.25, 0.3) is 16.6 Å². The zero-order valence-corrected chi connectivity index (χ0v) is 13.6. The van der Waals surface area contributed by atoms with Crippen LogP contribution in [0.4, 0.5) is 0 Å². The Morgan fingerprint density at radius 2 is 1.75 bits per heavy atom. The fourth-order valence-electron chi connectivity index (χ4n) is 2.55. The summed E-state index contributed by atoms with van der Waals surface area (Å²) in [6.45, 7) is 5.96. The van der Waals surface area contributed by atoms with Gasteiger partial charge in [0, 0.05) is 22.8 Å². The molecule has 2 aromatic carbocycles. The van der Waals surface area contributed by atoms with Crippen molar-refractivity contribution in [3.8, 4) is 0 Å². The van der Waals surface area contributed by atoms with E-state index in [1.54, 1.807) is 6.20 Å². The van der Waals surface area contributed by atoms with Crippen LogP contribution in [0, 0.1) is 0 Å². The van der Waals surface area contributed by atoms with Crippen molar-refractivity contribution in [1.29, 1.82) is 0 Å². The first-order valence-corrected chi connectivity index (χ1v) is 7.76. The number of rotatable bonds is 4. The average molecular weight is 313 g/mol. The molecule has 3 nitrogen and oxygen atoms in total. The highest BCUT2D eigenvalue weighted by Gasteiger charge is 2.08. The van der Waals surface area contributed by atoms with E-state index in [0.29, 0.717) is 11.4 Å². The number of hydrogen-bond acceptors (Lipinski definition) is 3. The summed E-state index contributed by atoms with van der Waals surface area (Å²) in [5.41, 5.74) is 11.0. The molecule has 0 fully saturated rings. The van der Waals surface area contributed by atoms with Crippen LogP contribution in [0.1, 0.15) is 18.1 Å². The van der Waals surface area contributed by atoms with Crippen molar-refractivity contribution in [3.05, 3.63) is 96.3 Å². The Kier molecular flexibility index (Phi) is 4.52. The summed E-state index contributed by atoms with van der Waals surface area (Å²) < 4.78 is 0. The van der Waals surface area contributed by atoms with Gasteiger partial charge in [0.05, 0.1) is 16.9 Å². The van der Waals surface area contributed by atoms with Crippen molar-refractivity contribution in [1.82, 2.24) is 4.98 Å². The van der Waals surface area contributed by atoms with Gasteiger partial charge in [0.25, 0.3) is 0 Å². The molecule has 0 aliphatic heterocycles. The van der Waals surface area contributed by atoms with Crippen LogP contribution in [-0.2, 0) is 0 Å². The summed E-state index contributed by atoms with van der Waals surface area (Å²) in [7, 11) is 0. The smallest absolute Gasteiger partial charge is 0.0733 e. The van der Waals surface area contributed by atoms with Crippen LogP contribution in [0.2, 0.25) is 0 Å². The highest BCUT2D eigenvalue weighted by molar-refractivity contribution is 6.17. The second-order valence-electron chi connectivity index (χ2n) is 5.57. The van der Waals surface area contributed by atoms with Crippen molar-refractivity contribution >= 4 is 22.3 Å². The lowest BCUT2D eigenvalue weighted by Gasteiger charge is -2.09. The highest BCUT2D eigenvalue weighted by Crippen LogP contribution is 2.21. The number of nitrogens with two attached hydrogens (primary N) is 1. The largest absolute Gasteiger partial charge is 0.402 e. The highest BCUT2D eigenvalue weighted by atomic mass is 14.8. The molecule has 0 aliphatic rings. The second kappa shape index (κ2) is 6.92. The van der Waals surface area contributed by atoms with Crippen molar-refractivity contribution in [2.24, 2.45) is 10.7 Å². The van der Waals surface area contributed by atoms with Gasteiger partial charge in [0.1, 0.15) is 0 Å². The predicted molar refractivity (Wildman–Crippen MR) is 102 cm³/mol. The molecule has 0 saturated carbocycles. The van der Waals surface area contributed by atoms with Gasteiger partial charge in [0.2, 0.25) is 0 Å². The monoisotopic (exact) mass is 313 g/mol. The summed E-state index contributed by atoms with van der Waals surface area (Å²) in [4.78, 5) is 9.16. The molecule has 3 heteroatoms. The van der Waals surface area contributed by atoms with Crippen LogP contribution in [-0.4, -0.2) is 10.7 Å². The van der Waals surface area contributed by atoms with Crippen molar-refractivity contribution < 1.29 is 0 Å². The lowest BCUT2D eigenvalue weighted by Crippen LogP contribution is -2.04. The summed E-state index contributed by atoms with van der Waals surface area (Å²) >= 11 is 0. The van der Waals surface area contributed by atoms with Crippen molar-refractivity contribution in [2.75, 3.05) is 0 Å². The summed E-state index contributed by atoms with van der Waals surface area (Å²) in [5, 5.41) is 1.04. The minimum Gasteiger partial charge on any atom is -0.402 e. The quantitative estimate of drug-likeness (QED) is 0.718. The summed E-state index contributed by atoms with van der Waals surface area (Å²) in [6, 6.07) is 19.9. The SMILES string of the molecule is C=C(N=C(/C=C(/C)N)c1ccnc2ccccc12)c1ccccc1. The first kappa shape index (κ1) is 15.7. The molecule has 0 radical (unpaired) electrons. The summed E-state index contributed by atoms with van der Waals surface area (Å²) in [5.74, 6) is 0. The number of benzene rings is 2. The van der Waals surface area contributed by atoms with E-state index in [-0.39, 0.29) is 0 Å². The van der Waals surface area contributed by atoms with Crippen LogP contribution in [0.5, 0.6) is 0 Å². The van der Waals surface area contributed by atoms with E-state index < -0.39 is 0 Å². The Labute approximate surface area is 141 Å². The topological polar surface area (TPSA) is 51.3 Å². The fraction of sp³-hybridized carbons (Fsp3) is 0.0476. The number of para-hydroxylation sites is 1. The molecular formula is C21H19N3. The van der Waals surface area contributed by atoms with E-state index in [1.807, 2.05) is 73.7 Å². The molecule has 0 unspecified atom stereocenters. The number of aromatic nitrogens is 1. The van der Waals surface area contributed by atoms with E-state index in [4.69, 9.17) is 10.7 Å². The molecule has 0 atom stereocenters. The van der Waals surface area contributed by atoms with Crippen LogP contribution < -0.4 is 5.73 Å². The van der Waals surface area contributed by atoms with Gasteiger partial charge in [-0.3, -0.25) is 4.98 Å². The molecule has 0 amide bonds. The van der Waals surface area contributed by atoms with Gasteiger partial charge in [-0.05, 0) is 30.7 Å². The normalized spacial score (nSPS) is 12.4. The van der Waals surface area contributed by atoms with E-state index in [0.717, 1.165) is 27.7 Å². The van der Waals surface area contributed by atoms with Gasteiger partial charge in [0.15, 0.2) is 0 Å². The van der Waals surface area contributed by atoms with E-state index in [2.05, 4.69) is 11.6 Å². The van der Waals surface area contributed by atoms with E-state index in [9.17, 15) is 0 Å². The molecule has 0 saturated heterocycles. The molecule has 0 bridgehead atoms. The molecule has 3 rings (SSSR count). The van der Waals surface area contributed by atoms with Crippen LogP contribution >= 0.6 is 0 Å². The molecule has 0 spiro atoms. The van der Waals surface area contributed by atoms with Crippen molar-refractivity contribution in [2.45, 2.75) is 6.92 Å². The standard InChI is InChI=1S/C21H19N3/c1-15(22)14-21(24-16(2)17-8-4-3-5-9-17)19-12-13-23-20-11-7-6-10-18(19)20/h3-14H,2,22H2,1H3/b15-14-,24-21?. The lowest BCUT2D eigenvalue weighted by molar-refractivity contribution is 1.32. The molecule has 1 aromatic heterocycles. The van der Waals surface area contributed by atoms with Crippen LogP contribution in [0.15, 0.2) is 90.2 Å². The molecule has 0 aliphatic carbocycles. The summed E-state index contributed by atoms with van der Waals surface area (Å²) in [6.07, 6.45) is 3.66. The third kappa shape index (κ3) is 3.41. The van der Waals surface area contributed by atoms with Gasteiger partial charge < -0.3 is 5.73 Å². The molecule has 1 heterocycles. The number of aliphatic imine (C=N–C) groups is 1. The third-order valence-electron chi connectivity index (χ3n) is 3.65. The van der Waals surface area contributed by atoms with Gasteiger partial charge in [-0.2, -0.15) is 0 Å². The third-order valence-corrected chi connectivity index (χ3v) is 3.65. The Morgan fingerprint density at radius 1 is 1.04 bits per heavy atom. The Morgan fingerprint density at radius 3 is 2.50 bits per heavy atom. The average Bonchev–Trinajstić information content (AvgIpc) is 2.61. The number of pyridine rings is 1. The lowest BCUT2D eigenvalue weighted by atomic mass is 10.0. The molecule has 24 heavy (non-hydrogen) atoms. The zero-order chi connectivity index (χ0) is 16.9. The Balaban J connectivity index is 2.15. The number of hydrogen-bond donors (Lipinski definition) is 1. The first-order chi connectivity index (χ1) is 11.6. The fourth-order valence-corrected chi connectivity index (χ4v) is 2.55. The van der Waals surface area contributed by atoms with Gasteiger partial charge in [-0.15, -0.1) is 0 Å². The van der Waals surface area contributed by atoms with Gasteiger partial charge >= 0.3 is 0 Å². The van der Waals surface area contributed by atoms with Crippen LogP contribution in [0.3, 0.4) is 0 Å². The molecular weight excluding hydrogens is 294 g/mol. The first-order valence-electron chi connectivity index (χ1n) is 7.76. The maximum atomic E-state index is 5.92. The zero-order valence-electron chi connectivity index (χ0n) is 13.6. The predicted octanol–water partition coefficient (Wildman–Crippen LogP) is 4.56. The molecule has 3 aromatic rings. The Hall–Kier alpha value is -3.20. The number of fused-ring (bicyclic) bond motifs is 1. The maximum Gasteiger partial charge on any atom is 0.0733 e. The minimum absolute atomic E-state index is 0.690. The molecule has 2 N–H and O–H groups in total.